The van der Waals surface area contributed by atoms with Crippen molar-refractivity contribution in [3.05, 3.63) is 30.1 Å². The van der Waals surface area contributed by atoms with Crippen LogP contribution in [0.25, 0.3) is 0 Å². The number of aliphatic carboxylic acids is 1. The molecule has 20 heavy (non-hydrogen) atoms. The summed E-state index contributed by atoms with van der Waals surface area (Å²) >= 11 is 0. The predicted octanol–water partition coefficient (Wildman–Crippen LogP) is 3.93. The molecule has 110 valence electrons. The Morgan fingerprint density at radius 2 is 2.05 bits per heavy atom. The third kappa shape index (κ3) is 3.20. The fourth-order valence-corrected chi connectivity index (χ4v) is 3.40. The van der Waals surface area contributed by atoms with Gasteiger partial charge in [0.2, 0.25) is 0 Å². The number of nitrogens with zero attached hydrogens (tertiary/aromatic N) is 1. The minimum Gasteiger partial charge on any atom is -0.481 e. The van der Waals surface area contributed by atoms with Crippen LogP contribution in [0, 0.1) is 16.7 Å². The fraction of sp³-hybridized carbons (Fsp3) is 0.647. The first-order valence-corrected chi connectivity index (χ1v) is 7.46. The lowest BCUT2D eigenvalue weighted by molar-refractivity contribution is -0.152. The molecule has 1 aromatic rings. The quantitative estimate of drug-likeness (QED) is 0.909. The second-order valence-corrected chi connectivity index (χ2v) is 7.26. The van der Waals surface area contributed by atoms with E-state index >= 15 is 0 Å². The summed E-state index contributed by atoms with van der Waals surface area (Å²) in [7, 11) is 0. The summed E-state index contributed by atoms with van der Waals surface area (Å²) in [5.41, 5.74) is 0.716. The van der Waals surface area contributed by atoms with Gasteiger partial charge in [-0.25, -0.2) is 0 Å². The Balaban J connectivity index is 2.12. The van der Waals surface area contributed by atoms with Crippen LogP contribution in [0.5, 0.6) is 0 Å². The van der Waals surface area contributed by atoms with E-state index in [0.29, 0.717) is 12.3 Å². The highest BCUT2D eigenvalue weighted by atomic mass is 16.4. The van der Waals surface area contributed by atoms with Crippen molar-refractivity contribution < 1.29 is 9.90 Å². The smallest absolute Gasteiger partial charge is 0.309 e. The van der Waals surface area contributed by atoms with E-state index in [1.807, 2.05) is 12.1 Å². The van der Waals surface area contributed by atoms with E-state index in [1.54, 1.807) is 12.4 Å². The summed E-state index contributed by atoms with van der Waals surface area (Å²) in [4.78, 5) is 15.9. The van der Waals surface area contributed by atoms with Crippen LogP contribution < -0.4 is 0 Å². The monoisotopic (exact) mass is 275 g/mol. The van der Waals surface area contributed by atoms with Crippen LogP contribution in [0.2, 0.25) is 0 Å². The van der Waals surface area contributed by atoms with Gasteiger partial charge in [-0.1, -0.05) is 26.8 Å². The summed E-state index contributed by atoms with van der Waals surface area (Å²) in [6, 6.07) is 3.86. The zero-order valence-electron chi connectivity index (χ0n) is 12.7. The highest BCUT2D eigenvalue weighted by Crippen LogP contribution is 2.47. The highest BCUT2D eigenvalue weighted by molar-refractivity contribution is 5.75. The van der Waals surface area contributed by atoms with Gasteiger partial charge in [0.05, 0.1) is 5.41 Å². The molecule has 0 spiro atoms. The Morgan fingerprint density at radius 3 is 2.50 bits per heavy atom. The molecule has 1 heterocycles. The van der Waals surface area contributed by atoms with Gasteiger partial charge in [-0.3, -0.25) is 9.78 Å². The van der Waals surface area contributed by atoms with Crippen molar-refractivity contribution in [2.45, 2.75) is 52.9 Å². The van der Waals surface area contributed by atoms with Gasteiger partial charge in [-0.2, -0.15) is 0 Å². The van der Waals surface area contributed by atoms with Crippen molar-refractivity contribution in [1.29, 1.82) is 0 Å². The van der Waals surface area contributed by atoms with Gasteiger partial charge < -0.3 is 5.11 Å². The Bertz CT molecular complexity index is 454. The van der Waals surface area contributed by atoms with E-state index in [4.69, 9.17) is 0 Å². The van der Waals surface area contributed by atoms with Crippen LogP contribution in [-0.4, -0.2) is 16.1 Å². The summed E-state index contributed by atoms with van der Waals surface area (Å²) in [6.07, 6.45) is 7.70. The third-order valence-corrected chi connectivity index (χ3v) is 4.89. The number of aromatic nitrogens is 1. The SMILES string of the molecule is CC(C)(C)C1CCC(Cc2cccnc2)(C(=O)O)CC1. The van der Waals surface area contributed by atoms with Crippen molar-refractivity contribution in [3.8, 4) is 0 Å². The van der Waals surface area contributed by atoms with Gasteiger partial charge in [0.25, 0.3) is 0 Å². The molecule has 1 N–H and O–H groups in total. The number of rotatable bonds is 3. The third-order valence-electron chi connectivity index (χ3n) is 4.89. The number of carboxylic acids is 1. The van der Waals surface area contributed by atoms with E-state index in [-0.39, 0.29) is 5.41 Å². The molecule has 0 aliphatic heterocycles. The minimum atomic E-state index is -0.645. The standard InChI is InChI=1S/C17H25NO2/c1-16(2,3)14-6-8-17(9-7-14,15(19)20)11-13-5-4-10-18-12-13/h4-5,10,12,14H,6-9,11H2,1-3H3,(H,19,20). The molecule has 1 aromatic heterocycles. The maximum Gasteiger partial charge on any atom is 0.309 e. The summed E-state index contributed by atoms with van der Waals surface area (Å²) in [5, 5.41) is 9.72. The summed E-state index contributed by atoms with van der Waals surface area (Å²) < 4.78 is 0. The Kier molecular flexibility index (Phi) is 4.17. The molecular formula is C17H25NO2. The normalized spacial score (nSPS) is 27.2. The molecule has 0 aromatic carbocycles. The van der Waals surface area contributed by atoms with E-state index < -0.39 is 11.4 Å². The second kappa shape index (κ2) is 5.55. The van der Waals surface area contributed by atoms with E-state index in [1.165, 1.54) is 0 Å². The van der Waals surface area contributed by atoms with Gasteiger partial charge in [0.1, 0.15) is 0 Å². The van der Waals surface area contributed by atoms with Gasteiger partial charge in [0, 0.05) is 12.4 Å². The number of hydrogen-bond donors (Lipinski definition) is 1. The average molecular weight is 275 g/mol. The Morgan fingerprint density at radius 1 is 1.40 bits per heavy atom. The molecular weight excluding hydrogens is 250 g/mol. The largest absolute Gasteiger partial charge is 0.481 e. The minimum absolute atomic E-state index is 0.277. The van der Waals surface area contributed by atoms with Gasteiger partial charge in [-0.15, -0.1) is 0 Å². The van der Waals surface area contributed by atoms with E-state index in [0.717, 1.165) is 31.2 Å². The molecule has 0 unspecified atom stereocenters. The average Bonchev–Trinajstić information content (AvgIpc) is 2.39. The predicted molar refractivity (Wildman–Crippen MR) is 79.4 cm³/mol. The van der Waals surface area contributed by atoms with E-state index in [2.05, 4.69) is 25.8 Å². The second-order valence-electron chi connectivity index (χ2n) is 7.26. The lowest BCUT2D eigenvalue weighted by Crippen LogP contribution is -2.39. The first-order chi connectivity index (χ1) is 9.33. The molecule has 3 nitrogen and oxygen atoms in total. The molecule has 0 atom stereocenters. The zero-order valence-corrected chi connectivity index (χ0v) is 12.7. The number of hydrogen-bond acceptors (Lipinski definition) is 2. The highest BCUT2D eigenvalue weighted by Gasteiger charge is 2.44. The van der Waals surface area contributed by atoms with Crippen molar-refractivity contribution in [3.63, 3.8) is 0 Å². The van der Waals surface area contributed by atoms with Crippen LogP contribution in [0.15, 0.2) is 24.5 Å². The lowest BCUT2D eigenvalue weighted by atomic mass is 9.62. The molecule has 0 amide bonds. The molecule has 0 radical (unpaired) electrons. The molecule has 0 saturated heterocycles. The first-order valence-electron chi connectivity index (χ1n) is 7.46. The molecule has 1 saturated carbocycles. The van der Waals surface area contributed by atoms with E-state index in [9.17, 15) is 9.90 Å². The zero-order chi connectivity index (χ0) is 14.8. The summed E-state index contributed by atoms with van der Waals surface area (Å²) in [6.45, 7) is 6.77. The van der Waals surface area contributed by atoms with Gasteiger partial charge >= 0.3 is 5.97 Å². The maximum atomic E-state index is 11.8. The molecule has 3 heteroatoms. The molecule has 1 aliphatic carbocycles. The van der Waals surface area contributed by atoms with Crippen LogP contribution in [0.4, 0.5) is 0 Å². The number of pyridine rings is 1. The number of carbonyl (C=O) groups is 1. The van der Waals surface area contributed by atoms with Crippen LogP contribution in [0.1, 0.15) is 52.0 Å². The van der Waals surface area contributed by atoms with Gasteiger partial charge in [0.15, 0.2) is 0 Å². The molecule has 2 rings (SSSR count). The topological polar surface area (TPSA) is 50.2 Å². The van der Waals surface area contributed by atoms with Gasteiger partial charge in [-0.05, 0) is 55.1 Å². The fourth-order valence-electron chi connectivity index (χ4n) is 3.40. The first kappa shape index (κ1) is 15.0. The van der Waals surface area contributed by atoms with Crippen LogP contribution in [0.3, 0.4) is 0 Å². The van der Waals surface area contributed by atoms with Crippen molar-refractivity contribution in [1.82, 2.24) is 4.98 Å². The molecule has 0 bridgehead atoms. The van der Waals surface area contributed by atoms with Crippen LogP contribution >= 0.6 is 0 Å². The molecule has 1 fully saturated rings. The Hall–Kier alpha value is -1.38. The Labute approximate surface area is 121 Å². The number of carboxylic acid groups (broad SMARTS) is 1. The van der Waals surface area contributed by atoms with Crippen molar-refractivity contribution >= 4 is 5.97 Å². The maximum absolute atomic E-state index is 11.8. The van der Waals surface area contributed by atoms with Crippen LogP contribution in [-0.2, 0) is 11.2 Å². The lowest BCUT2D eigenvalue weighted by Gasteiger charge is -2.41. The molecule has 1 aliphatic rings. The van der Waals surface area contributed by atoms with Crippen molar-refractivity contribution in [2.75, 3.05) is 0 Å². The van der Waals surface area contributed by atoms with Crippen molar-refractivity contribution in [2.24, 2.45) is 16.7 Å². The summed E-state index contributed by atoms with van der Waals surface area (Å²) in [5.74, 6) is -0.0161.